The molecular formula is C15H18F2N2O. The van der Waals surface area contributed by atoms with Crippen molar-refractivity contribution in [2.75, 3.05) is 11.9 Å². The van der Waals surface area contributed by atoms with E-state index in [9.17, 15) is 8.78 Å². The molecule has 1 heterocycles. The number of furan rings is 1. The van der Waals surface area contributed by atoms with Crippen LogP contribution in [0.4, 0.5) is 14.5 Å². The Hall–Kier alpha value is -1.88. The maximum atomic E-state index is 14.1. The zero-order valence-electron chi connectivity index (χ0n) is 11.6. The normalized spacial score (nSPS) is 12.4. The maximum absolute atomic E-state index is 14.1. The molecular weight excluding hydrogens is 262 g/mol. The summed E-state index contributed by atoms with van der Waals surface area (Å²) in [6.07, 6.45) is 3.53. The Morgan fingerprint density at radius 2 is 1.90 bits per heavy atom. The summed E-state index contributed by atoms with van der Waals surface area (Å²) < 4.78 is 33.1. The van der Waals surface area contributed by atoms with Crippen LogP contribution in [0.3, 0.4) is 0 Å². The van der Waals surface area contributed by atoms with Crippen LogP contribution in [0.25, 0.3) is 0 Å². The van der Waals surface area contributed by atoms with Crippen LogP contribution in [0.2, 0.25) is 0 Å². The third-order valence-electron chi connectivity index (χ3n) is 3.02. The highest BCUT2D eigenvalue weighted by atomic mass is 19.1. The zero-order chi connectivity index (χ0) is 14.7. The molecule has 0 saturated carbocycles. The number of nitrogens with two attached hydrogens (primary N) is 1. The largest absolute Gasteiger partial charge is 0.472 e. The molecule has 0 aliphatic carbocycles. The summed E-state index contributed by atoms with van der Waals surface area (Å²) in [5, 5.41) is 0. The monoisotopic (exact) mass is 280 g/mol. The molecule has 0 spiro atoms. The van der Waals surface area contributed by atoms with Crippen LogP contribution in [0.15, 0.2) is 35.1 Å². The van der Waals surface area contributed by atoms with Crippen molar-refractivity contribution in [2.45, 2.75) is 25.9 Å². The van der Waals surface area contributed by atoms with E-state index in [2.05, 4.69) is 0 Å². The van der Waals surface area contributed by atoms with E-state index in [1.807, 2.05) is 0 Å². The van der Waals surface area contributed by atoms with E-state index in [0.717, 1.165) is 5.56 Å². The van der Waals surface area contributed by atoms with Crippen molar-refractivity contribution >= 4 is 5.69 Å². The number of hydrogen-bond acceptors (Lipinski definition) is 3. The van der Waals surface area contributed by atoms with E-state index >= 15 is 0 Å². The fraction of sp³-hybridized carbons (Fsp3) is 0.333. The van der Waals surface area contributed by atoms with Gasteiger partial charge >= 0.3 is 0 Å². The fourth-order valence-electron chi connectivity index (χ4n) is 2.21. The lowest BCUT2D eigenvalue weighted by Crippen LogP contribution is -2.21. The first-order valence-electron chi connectivity index (χ1n) is 6.43. The molecule has 0 radical (unpaired) electrons. The van der Waals surface area contributed by atoms with Gasteiger partial charge in [0.15, 0.2) is 0 Å². The minimum absolute atomic E-state index is 0.0420. The van der Waals surface area contributed by atoms with E-state index in [4.69, 9.17) is 10.2 Å². The molecule has 2 aromatic rings. The molecule has 108 valence electrons. The first-order chi connectivity index (χ1) is 9.47. The topological polar surface area (TPSA) is 42.4 Å². The van der Waals surface area contributed by atoms with Gasteiger partial charge in [0.1, 0.15) is 17.3 Å². The first-order valence-corrected chi connectivity index (χ1v) is 6.43. The van der Waals surface area contributed by atoms with Crippen LogP contribution in [-0.4, -0.2) is 13.1 Å². The van der Waals surface area contributed by atoms with Crippen molar-refractivity contribution in [2.24, 2.45) is 5.73 Å². The van der Waals surface area contributed by atoms with Gasteiger partial charge in [0, 0.05) is 25.2 Å². The third-order valence-corrected chi connectivity index (χ3v) is 3.02. The van der Waals surface area contributed by atoms with Crippen LogP contribution in [0.5, 0.6) is 0 Å². The van der Waals surface area contributed by atoms with Crippen LogP contribution < -0.4 is 10.6 Å². The van der Waals surface area contributed by atoms with Gasteiger partial charge in [-0.3, -0.25) is 0 Å². The predicted octanol–water partition coefficient (Wildman–Crippen LogP) is 3.08. The fourth-order valence-corrected chi connectivity index (χ4v) is 2.21. The average Bonchev–Trinajstić information content (AvgIpc) is 2.79. The van der Waals surface area contributed by atoms with Crippen molar-refractivity contribution in [3.8, 4) is 0 Å². The molecule has 0 amide bonds. The summed E-state index contributed by atoms with van der Waals surface area (Å²) in [6, 6.07) is 4.31. The smallest absolute Gasteiger partial charge is 0.149 e. The van der Waals surface area contributed by atoms with Crippen molar-refractivity contribution in [1.82, 2.24) is 0 Å². The quantitative estimate of drug-likeness (QED) is 0.915. The molecule has 0 bridgehead atoms. The Morgan fingerprint density at radius 1 is 1.25 bits per heavy atom. The number of nitrogens with zero attached hydrogens (tertiary/aromatic N) is 1. The summed E-state index contributed by atoms with van der Waals surface area (Å²) in [4.78, 5) is 1.52. The summed E-state index contributed by atoms with van der Waals surface area (Å²) in [5.74, 6) is -1.15. The minimum atomic E-state index is -0.577. The van der Waals surface area contributed by atoms with Crippen LogP contribution in [-0.2, 0) is 13.0 Å². The highest BCUT2D eigenvalue weighted by Crippen LogP contribution is 2.26. The molecule has 1 aromatic carbocycles. The molecule has 0 fully saturated rings. The summed E-state index contributed by atoms with van der Waals surface area (Å²) in [5.41, 5.74) is 7.02. The van der Waals surface area contributed by atoms with Gasteiger partial charge in [-0.05, 0) is 37.1 Å². The Morgan fingerprint density at radius 3 is 2.40 bits per heavy atom. The first kappa shape index (κ1) is 14.5. The van der Waals surface area contributed by atoms with Crippen molar-refractivity contribution in [3.05, 3.63) is 53.5 Å². The second kappa shape index (κ2) is 6.05. The Bertz CT molecular complexity index is 544. The highest BCUT2D eigenvalue weighted by molar-refractivity contribution is 5.50. The summed E-state index contributed by atoms with van der Waals surface area (Å²) >= 11 is 0. The zero-order valence-corrected chi connectivity index (χ0v) is 11.6. The number of anilines is 1. The van der Waals surface area contributed by atoms with E-state index in [-0.39, 0.29) is 11.7 Å². The van der Waals surface area contributed by atoms with Gasteiger partial charge in [0.05, 0.1) is 12.5 Å². The standard InChI is InChI=1S/C15H18F2N2O/c1-10(18)5-12-6-13(16)15(14(17)7-12)19(2)8-11-3-4-20-9-11/h3-4,6-7,9-10H,5,8,18H2,1-2H3. The molecule has 3 nitrogen and oxygen atoms in total. The molecule has 20 heavy (non-hydrogen) atoms. The van der Waals surface area contributed by atoms with E-state index < -0.39 is 11.6 Å². The van der Waals surface area contributed by atoms with Crippen molar-refractivity contribution < 1.29 is 13.2 Å². The predicted molar refractivity (Wildman–Crippen MR) is 74.5 cm³/mol. The van der Waals surface area contributed by atoms with Crippen LogP contribution >= 0.6 is 0 Å². The van der Waals surface area contributed by atoms with Gasteiger partial charge in [0.2, 0.25) is 0 Å². The lowest BCUT2D eigenvalue weighted by molar-refractivity contribution is 0.559. The molecule has 1 unspecified atom stereocenters. The second-order valence-electron chi connectivity index (χ2n) is 5.08. The van der Waals surface area contributed by atoms with Crippen LogP contribution in [0.1, 0.15) is 18.1 Å². The van der Waals surface area contributed by atoms with Gasteiger partial charge in [-0.2, -0.15) is 0 Å². The lowest BCUT2D eigenvalue weighted by atomic mass is 10.1. The van der Waals surface area contributed by atoms with E-state index in [0.29, 0.717) is 18.5 Å². The molecule has 5 heteroatoms. The number of halogens is 2. The number of rotatable bonds is 5. The second-order valence-corrected chi connectivity index (χ2v) is 5.08. The summed E-state index contributed by atoms with van der Waals surface area (Å²) in [7, 11) is 1.64. The molecule has 1 atom stereocenters. The lowest BCUT2D eigenvalue weighted by Gasteiger charge is -2.20. The van der Waals surface area contributed by atoms with Gasteiger partial charge < -0.3 is 15.1 Å². The molecule has 0 saturated heterocycles. The summed E-state index contributed by atoms with van der Waals surface area (Å²) in [6.45, 7) is 2.17. The van der Waals surface area contributed by atoms with Gasteiger partial charge in [-0.1, -0.05) is 0 Å². The van der Waals surface area contributed by atoms with Crippen LogP contribution in [0, 0.1) is 11.6 Å². The average molecular weight is 280 g/mol. The minimum Gasteiger partial charge on any atom is -0.472 e. The SMILES string of the molecule is CC(N)Cc1cc(F)c(N(C)Cc2ccoc2)c(F)c1. The van der Waals surface area contributed by atoms with E-state index in [1.165, 1.54) is 23.3 Å². The molecule has 2 rings (SSSR count). The molecule has 0 aliphatic heterocycles. The van der Waals surface area contributed by atoms with Gasteiger partial charge in [0.25, 0.3) is 0 Å². The Labute approximate surface area is 117 Å². The van der Waals surface area contributed by atoms with Crippen molar-refractivity contribution in [3.63, 3.8) is 0 Å². The molecule has 0 aliphatic rings. The highest BCUT2D eigenvalue weighted by Gasteiger charge is 2.16. The molecule has 2 N–H and O–H groups in total. The molecule has 1 aromatic heterocycles. The number of hydrogen-bond donors (Lipinski definition) is 1. The maximum Gasteiger partial charge on any atom is 0.149 e. The van der Waals surface area contributed by atoms with Crippen molar-refractivity contribution in [1.29, 1.82) is 0 Å². The third kappa shape index (κ3) is 3.36. The Balaban J connectivity index is 2.23. The van der Waals surface area contributed by atoms with E-state index in [1.54, 1.807) is 26.3 Å². The Kier molecular flexibility index (Phi) is 4.39. The van der Waals surface area contributed by atoms with Gasteiger partial charge in [-0.15, -0.1) is 0 Å². The van der Waals surface area contributed by atoms with Gasteiger partial charge in [-0.25, -0.2) is 8.78 Å². The number of benzene rings is 1.